The summed E-state index contributed by atoms with van der Waals surface area (Å²) in [5.74, 6) is -1.20. The van der Waals surface area contributed by atoms with Crippen LogP contribution >= 0.6 is 0 Å². The van der Waals surface area contributed by atoms with Crippen LogP contribution in [0, 0.1) is 0 Å². The number of benzene rings is 4. The van der Waals surface area contributed by atoms with Crippen molar-refractivity contribution in [3.63, 3.8) is 0 Å². The number of carbonyl (C=O) groups is 2. The maximum atomic E-state index is 12.4. The van der Waals surface area contributed by atoms with Crippen molar-refractivity contribution < 1.29 is 19.1 Å². The van der Waals surface area contributed by atoms with Gasteiger partial charge in [0.25, 0.3) is 0 Å². The number of carbonyl (C=O) groups excluding carboxylic acids is 2. The quantitative estimate of drug-likeness (QED) is 0.159. The predicted octanol–water partition coefficient (Wildman–Crippen LogP) is 7.12. The van der Waals surface area contributed by atoms with Crippen LogP contribution in [-0.2, 0) is 45.4 Å². The van der Waals surface area contributed by atoms with Crippen LogP contribution in [-0.4, -0.2) is 21.1 Å². The number of rotatable bonds is 8. The van der Waals surface area contributed by atoms with Gasteiger partial charge < -0.3 is 18.6 Å². The topological polar surface area (TPSA) is 62.5 Å². The lowest BCUT2D eigenvalue weighted by atomic mass is 10.1. The first-order valence-corrected chi connectivity index (χ1v) is 13.4. The van der Waals surface area contributed by atoms with Crippen LogP contribution in [0.2, 0.25) is 0 Å². The number of para-hydroxylation sites is 2. The summed E-state index contributed by atoms with van der Waals surface area (Å²) in [5.41, 5.74) is 6.42. The van der Waals surface area contributed by atoms with Crippen molar-refractivity contribution in [2.45, 2.75) is 46.6 Å². The third kappa shape index (κ3) is 4.52. The standard InChI is InChI=1S/C33H30N2O4/c1-3-34-28-11-7-5-9-24(28)26-17-22(13-15-30(26)34)20-38-32(36)19-33(37)39-21-23-14-16-31-27(18-23)25-10-6-8-12-29(25)35(31)4-2/h5-18H,3-4,19-21H2,1-2H3. The molecule has 196 valence electrons. The van der Waals surface area contributed by atoms with Crippen LogP contribution in [0.1, 0.15) is 31.4 Å². The molecule has 0 aliphatic carbocycles. The number of fused-ring (bicyclic) bond motifs is 6. The molecule has 0 atom stereocenters. The molecule has 6 rings (SSSR count). The summed E-state index contributed by atoms with van der Waals surface area (Å²) in [6, 6.07) is 28.7. The van der Waals surface area contributed by atoms with Crippen molar-refractivity contribution in [1.82, 2.24) is 9.13 Å². The number of aromatic nitrogens is 2. The summed E-state index contributed by atoms with van der Waals surface area (Å²) < 4.78 is 15.4. The zero-order chi connectivity index (χ0) is 26.9. The lowest BCUT2D eigenvalue weighted by Gasteiger charge is -2.08. The van der Waals surface area contributed by atoms with E-state index in [2.05, 4.69) is 71.5 Å². The van der Waals surface area contributed by atoms with Crippen LogP contribution in [0.25, 0.3) is 43.6 Å². The maximum Gasteiger partial charge on any atom is 0.317 e. The monoisotopic (exact) mass is 518 g/mol. The summed E-state index contributed by atoms with van der Waals surface area (Å²) in [7, 11) is 0. The third-order valence-electron chi connectivity index (χ3n) is 7.39. The Morgan fingerprint density at radius 3 is 1.41 bits per heavy atom. The minimum absolute atomic E-state index is 0.103. The van der Waals surface area contributed by atoms with Crippen molar-refractivity contribution in [2.75, 3.05) is 0 Å². The molecular formula is C33H30N2O4. The van der Waals surface area contributed by atoms with Gasteiger partial charge in [0, 0.05) is 56.7 Å². The fourth-order valence-corrected chi connectivity index (χ4v) is 5.61. The first-order valence-electron chi connectivity index (χ1n) is 13.4. The maximum absolute atomic E-state index is 12.4. The smallest absolute Gasteiger partial charge is 0.317 e. The molecular weight excluding hydrogens is 488 g/mol. The Kier molecular flexibility index (Phi) is 6.53. The van der Waals surface area contributed by atoms with Crippen molar-refractivity contribution in [2.24, 2.45) is 0 Å². The Balaban J connectivity index is 1.08. The van der Waals surface area contributed by atoms with E-state index in [9.17, 15) is 9.59 Å². The Morgan fingerprint density at radius 2 is 0.974 bits per heavy atom. The van der Waals surface area contributed by atoms with Gasteiger partial charge in [0.05, 0.1) is 0 Å². The Morgan fingerprint density at radius 1 is 0.564 bits per heavy atom. The van der Waals surface area contributed by atoms with Crippen molar-refractivity contribution >= 4 is 55.6 Å². The SMILES string of the molecule is CCn1c2ccccc2c2cc(COC(=O)CC(=O)OCc3ccc4c(c3)c3ccccc3n4CC)ccc21. The second-order valence-electron chi connectivity index (χ2n) is 9.72. The number of nitrogens with zero attached hydrogens (tertiary/aromatic N) is 2. The molecule has 6 aromatic rings. The van der Waals surface area contributed by atoms with E-state index in [1.807, 2.05) is 36.4 Å². The molecule has 0 fully saturated rings. The predicted molar refractivity (Wildman–Crippen MR) is 154 cm³/mol. The molecule has 0 bridgehead atoms. The van der Waals surface area contributed by atoms with Gasteiger partial charge >= 0.3 is 11.9 Å². The first-order chi connectivity index (χ1) is 19.1. The van der Waals surface area contributed by atoms with E-state index in [-0.39, 0.29) is 13.2 Å². The van der Waals surface area contributed by atoms with E-state index in [0.717, 1.165) is 46.0 Å². The zero-order valence-electron chi connectivity index (χ0n) is 22.1. The average Bonchev–Trinajstić information content (AvgIpc) is 3.46. The number of ether oxygens (including phenoxy) is 2. The van der Waals surface area contributed by atoms with Gasteiger partial charge in [0.2, 0.25) is 0 Å². The van der Waals surface area contributed by atoms with Gasteiger partial charge in [-0.25, -0.2) is 0 Å². The lowest BCUT2D eigenvalue weighted by Crippen LogP contribution is -2.13. The van der Waals surface area contributed by atoms with Crippen LogP contribution in [0.3, 0.4) is 0 Å². The Labute approximate surface area is 226 Å². The molecule has 39 heavy (non-hydrogen) atoms. The van der Waals surface area contributed by atoms with Crippen molar-refractivity contribution in [1.29, 1.82) is 0 Å². The van der Waals surface area contributed by atoms with Crippen LogP contribution in [0.15, 0.2) is 84.9 Å². The molecule has 0 aliphatic heterocycles. The van der Waals surface area contributed by atoms with Gasteiger partial charge in [-0.05, 0) is 61.4 Å². The number of esters is 2. The zero-order valence-corrected chi connectivity index (χ0v) is 22.1. The van der Waals surface area contributed by atoms with Crippen molar-refractivity contribution in [3.05, 3.63) is 96.1 Å². The summed E-state index contributed by atoms with van der Waals surface area (Å²) >= 11 is 0. The van der Waals surface area contributed by atoms with Gasteiger partial charge in [0.1, 0.15) is 19.6 Å². The van der Waals surface area contributed by atoms with Gasteiger partial charge in [0.15, 0.2) is 0 Å². The highest BCUT2D eigenvalue weighted by molar-refractivity contribution is 6.09. The van der Waals surface area contributed by atoms with Crippen molar-refractivity contribution in [3.8, 4) is 0 Å². The highest BCUT2D eigenvalue weighted by Crippen LogP contribution is 2.31. The van der Waals surface area contributed by atoms with Crippen LogP contribution in [0.4, 0.5) is 0 Å². The number of hydrogen-bond acceptors (Lipinski definition) is 4. The molecule has 0 saturated carbocycles. The Hall–Kier alpha value is -4.58. The number of hydrogen-bond donors (Lipinski definition) is 0. The second kappa shape index (κ2) is 10.3. The molecule has 2 heterocycles. The molecule has 0 spiro atoms. The van der Waals surface area contributed by atoms with Crippen LogP contribution < -0.4 is 0 Å². The van der Waals surface area contributed by atoms with E-state index in [1.165, 1.54) is 21.8 Å². The Bertz CT molecular complexity index is 1720. The molecule has 4 aromatic carbocycles. The summed E-state index contributed by atoms with van der Waals surface area (Å²) in [6.45, 7) is 6.21. The summed E-state index contributed by atoms with van der Waals surface area (Å²) in [6.07, 6.45) is -0.422. The van der Waals surface area contributed by atoms with E-state index < -0.39 is 18.4 Å². The van der Waals surface area contributed by atoms with E-state index in [4.69, 9.17) is 9.47 Å². The molecule has 2 aromatic heterocycles. The summed E-state index contributed by atoms with van der Waals surface area (Å²) in [5, 5.41) is 4.59. The molecule has 6 nitrogen and oxygen atoms in total. The normalized spacial score (nSPS) is 11.5. The van der Waals surface area contributed by atoms with Crippen LogP contribution in [0.5, 0.6) is 0 Å². The van der Waals surface area contributed by atoms with E-state index >= 15 is 0 Å². The van der Waals surface area contributed by atoms with Gasteiger partial charge in [-0.15, -0.1) is 0 Å². The van der Waals surface area contributed by atoms with E-state index in [1.54, 1.807) is 0 Å². The molecule has 0 radical (unpaired) electrons. The van der Waals surface area contributed by atoms with Gasteiger partial charge in [-0.3, -0.25) is 9.59 Å². The molecule has 0 unspecified atom stereocenters. The average molecular weight is 519 g/mol. The van der Waals surface area contributed by atoms with Gasteiger partial charge in [-0.2, -0.15) is 0 Å². The third-order valence-corrected chi connectivity index (χ3v) is 7.39. The molecule has 0 aliphatic rings. The molecule has 6 heteroatoms. The van der Waals surface area contributed by atoms with E-state index in [0.29, 0.717) is 0 Å². The fourth-order valence-electron chi connectivity index (χ4n) is 5.61. The first kappa shape index (κ1) is 24.7. The minimum atomic E-state index is -0.599. The summed E-state index contributed by atoms with van der Waals surface area (Å²) in [4.78, 5) is 24.8. The highest BCUT2D eigenvalue weighted by Gasteiger charge is 2.15. The fraction of sp³-hybridized carbons (Fsp3) is 0.212. The largest absolute Gasteiger partial charge is 0.460 e. The minimum Gasteiger partial charge on any atom is -0.460 e. The van der Waals surface area contributed by atoms with Gasteiger partial charge in [-0.1, -0.05) is 48.5 Å². The molecule has 0 saturated heterocycles. The highest BCUT2D eigenvalue weighted by atomic mass is 16.6. The molecule has 0 amide bonds. The molecule has 0 N–H and O–H groups in total. The lowest BCUT2D eigenvalue weighted by molar-refractivity contribution is -0.156. The second-order valence-corrected chi connectivity index (χ2v) is 9.72. The number of aryl methyl sites for hydroxylation is 2.